The van der Waals surface area contributed by atoms with Gasteiger partial charge in [-0.15, -0.1) is 11.8 Å². The van der Waals surface area contributed by atoms with Gasteiger partial charge in [-0.25, -0.2) is 13.2 Å². The number of pyridine rings is 1. The van der Waals surface area contributed by atoms with E-state index in [-0.39, 0.29) is 6.42 Å². The average Bonchev–Trinajstić information content (AvgIpc) is 2.90. The molecule has 3 aromatic rings. The maximum absolute atomic E-state index is 13.5. The summed E-state index contributed by atoms with van der Waals surface area (Å²) in [6.07, 6.45) is 2.70. The second-order valence-corrected chi connectivity index (χ2v) is 11.5. The normalized spacial score (nSPS) is 16.4. The van der Waals surface area contributed by atoms with E-state index in [1.54, 1.807) is 25.3 Å². The van der Waals surface area contributed by atoms with Gasteiger partial charge in [0, 0.05) is 34.3 Å². The van der Waals surface area contributed by atoms with E-state index in [1.165, 1.54) is 18.0 Å². The topological polar surface area (TPSA) is 82.9 Å². The Morgan fingerprint density at radius 3 is 2.54 bits per heavy atom. The number of likely N-dealkylation sites (tertiary alicyclic amines) is 1. The van der Waals surface area contributed by atoms with Crippen molar-refractivity contribution in [1.29, 1.82) is 0 Å². The number of carboxylic acid groups (broad SMARTS) is 1. The third-order valence-electron chi connectivity index (χ3n) is 7.43. The number of hydrogen-bond donors (Lipinski definition) is 2. The number of fused-ring (bicyclic) bond motifs is 1. The molecular formula is C28H30ClF3N2O4S. The molecule has 0 spiro atoms. The number of aromatic nitrogens is 1. The zero-order chi connectivity index (χ0) is 28.2. The second-order valence-electron chi connectivity index (χ2n) is 9.92. The Morgan fingerprint density at radius 2 is 1.90 bits per heavy atom. The number of aliphatic hydroxyl groups is 1. The number of methoxy groups -OCH3 is 1. The highest BCUT2D eigenvalue weighted by Crippen LogP contribution is 2.43. The molecule has 1 aromatic heterocycles. The van der Waals surface area contributed by atoms with Crippen molar-refractivity contribution in [3.8, 4) is 5.75 Å². The van der Waals surface area contributed by atoms with E-state index in [0.717, 1.165) is 12.1 Å². The summed E-state index contributed by atoms with van der Waals surface area (Å²) in [5.74, 6) is -3.62. The highest BCUT2D eigenvalue weighted by molar-refractivity contribution is 7.99. The molecule has 0 aliphatic carbocycles. The van der Waals surface area contributed by atoms with Gasteiger partial charge in [-0.05, 0) is 74.5 Å². The van der Waals surface area contributed by atoms with Crippen molar-refractivity contribution in [2.75, 3.05) is 32.5 Å². The van der Waals surface area contributed by atoms with Gasteiger partial charge in [0.1, 0.15) is 5.75 Å². The molecule has 0 bridgehead atoms. The summed E-state index contributed by atoms with van der Waals surface area (Å²) in [5.41, 5.74) is 0.744. The smallest absolute Gasteiger partial charge is 0.303 e. The van der Waals surface area contributed by atoms with Gasteiger partial charge < -0.3 is 19.8 Å². The van der Waals surface area contributed by atoms with Crippen LogP contribution in [-0.4, -0.2) is 58.6 Å². The molecule has 1 aliphatic rings. The van der Waals surface area contributed by atoms with E-state index in [0.29, 0.717) is 83.2 Å². The number of piperidine rings is 1. The quantitative estimate of drug-likeness (QED) is 0.198. The lowest BCUT2D eigenvalue weighted by Crippen LogP contribution is -2.42. The van der Waals surface area contributed by atoms with E-state index in [9.17, 15) is 28.2 Å². The molecule has 6 nitrogen and oxygen atoms in total. The summed E-state index contributed by atoms with van der Waals surface area (Å²) >= 11 is 7.68. The standard InChI is InChI=1S/C28H30ClF3N2O4S/c1-38-17-2-3-23-19(12-17)26(20(29)16-33-23)24(35)4-5-28(15-25(36)37)6-8-34(9-7-28)10-11-39-18-13-21(30)27(32)22(31)14-18/h2-3,12-14,16,24,35H,4-11,15H2,1H3,(H,36,37)/t24-/m0/s1. The number of halogens is 4. The number of carboxylic acids is 1. The van der Waals surface area contributed by atoms with Crippen LogP contribution in [0.2, 0.25) is 5.02 Å². The Hall–Kier alpha value is -2.53. The van der Waals surface area contributed by atoms with E-state index in [4.69, 9.17) is 16.3 Å². The first-order chi connectivity index (χ1) is 18.6. The fourth-order valence-electron chi connectivity index (χ4n) is 5.22. The molecule has 1 saturated heterocycles. The van der Waals surface area contributed by atoms with Crippen LogP contribution in [0.25, 0.3) is 10.9 Å². The molecule has 1 fully saturated rings. The number of thioether (sulfide) groups is 1. The fraction of sp³-hybridized carbons (Fsp3) is 0.429. The first-order valence-electron chi connectivity index (χ1n) is 12.6. The van der Waals surface area contributed by atoms with Crippen LogP contribution >= 0.6 is 23.4 Å². The van der Waals surface area contributed by atoms with Crippen LogP contribution < -0.4 is 4.74 Å². The summed E-state index contributed by atoms with van der Waals surface area (Å²) in [7, 11) is 1.55. The van der Waals surface area contributed by atoms with Crippen molar-refractivity contribution in [1.82, 2.24) is 9.88 Å². The maximum atomic E-state index is 13.5. The van der Waals surface area contributed by atoms with E-state index < -0.39 is 34.9 Å². The Labute approximate surface area is 234 Å². The Bertz CT molecular complexity index is 1310. The average molecular weight is 583 g/mol. The van der Waals surface area contributed by atoms with E-state index in [2.05, 4.69) is 9.88 Å². The molecule has 4 rings (SSSR count). The molecule has 2 heterocycles. The van der Waals surface area contributed by atoms with Crippen molar-refractivity contribution in [3.63, 3.8) is 0 Å². The molecule has 0 amide bonds. The van der Waals surface area contributed by atoms with Gasteiger partial charge in [-0.3, -0.25) is 9.78 Å². The third kappa shape index (κ3) is 7.16. The Kier molecular flexibility index (Phi) is 9.64. The lowest BCUT2D eigenvalue weighted by Gasteiger charge is -2.41. The number of nitrogens with zero attached hydrogens (tertiary/aromatic N) is 2. The van der Waals surface area contributed by atoms with Crippen LogP contribution in [0, 0.1) is 22.9 Å². The molecule has 0 unspecified atom stereocenters. The molecule has 1 aliphatic heterocycles. The summed E-state index contributed by atoms with van der Waals surface area (Å²) < 4.78 is 45.4. The molecule has 39 heavy (non-hydrogen) atoms. The predicted octanol–water partition coefficient (Wildman–Crippen LogP) is 6.48. The molecule has 0 saturated carbocycles. The molecule has 2 N–H and O–H groups in total. The first-order valence-corrected chi connectivity index (χ1v) is 14.0. The van der Waals surface area contributed by atoms with Gasteiger partial charge in [0.25, 0.3) is 0 Å². The second kappa shape index (κ2) is 12.8. The van der Waals surface area contributed by atoms with Crippen LogP contribution in [0.1, 0.15) is 43.8 Å². The molecule has 1 atom stereocenters. The van der Waals surface area contributed by atoms with Crippen LogP contribution in [0.3, 0.4) is 0 Å². The van der Waals surface area contributed by atoms with E-state index in [1.807, 2.05) is 0 Å². The number of aliphatic hydroxyl groups excluding tert-OH is 1. The van der Waals surface area contributed by atoms with Gasteiger partial charge in [0.2, 0.25) is 0 Å². The van der Waals surface area contributed by atoms with Gasteiger partial charge in [0.05, 0.1) is 30.2 Å². The van der Waals surface area contributed by atoms with Crippen LogP contribution in [0.4, 0.5) is 13.2 Å². The highest BCUT2D eigenvalue weighted by atomic mass is 35.5. The number of ether oxygens (including phenoxy) is 1. The zero-order valence-electron chi connectivity index (χ0n) is 21.4. The molecular weight excluding hydrogens is 553 g/mol. The third-order valence-corrected chi connectivity index (χ3v) is 8.68. The fourth-order valence-corrected chi connectivity index (χ4v) is 6.45. The van der Waals surface area contributed by atoms with E-state index >= 15 is 0 Å². The Morgan fingerprint density at radius 1 is 1.21 bits per heavy atom. The van der Waals surface area contributed by atoms with Crippen molar-refractivity contribution in [2.45, 2.75) is 43.1 Å². The minimum Gasteiger partial charge on any atom is -0.497 e. The number of aliphatic carboxylic acids is 1. The number of rotatable bonds is 11. The summed E-state index contributed by atoms with van der Waals surface area (Å²) in [6, 6.07) is 7.33. The van der Waals surface area contributed by atoms with Crippen molar-refractivity contribution in [3.05, 3.63) is 64.6 Å². The van der Waals surface area contributed by atoms with Crippen molar-refractivity contribution < 1.29 is 32.9 Å². The SMILES string of the molecule is COc1ccc2ncc(Cl)c([C@@H](O)CCC3(CC(=O)O)CCN(CCSc4cc(F)c(F)c(F)c4)CC3)c2c1. The first kappa shape index (κ1) is 29.5. The van der Waals surface area contributed by atoms with Gasteiger partial charge in [-0.2, -0.15) is 0 Å². The van der Waals surface area contributed by atoms with Gasteiger partial charge in [0.15, 0.2) is 17.5 Å². The summed E-state index contributed by atoms with van der Waals surface area (Å²) in [4.78, 5) is 18.6. The van der Waals surface area contributed by atoms with Crippen LogP contribution in [0.5, 0.6) is 5.75 Å². The Balaban J connectivity index is 1.38. The molecule has 2 aromatic carbocycles. The van der Waals surface area contributed by atoms with Gasteiger partial charge >= 0.3 is 5.97 Å². The maximum Gasteiger partial charge on any atom is 0.303 e. The molecule has 11 heteroatoms. The minimum absolute atomic E-state index is 0.00487. The largest absolute Gasteiger partial charge is 0.497 e. The summed E-state index contributed by atoms with van der Waals surface area (Å²) in [6.45, 7) is 1.95. The van der Waals surface area contributed by atoms with Gasteiger partial charge in [-0.1, -0.05) is 11.6 Å². The van der Waals surface area contributed by atoms with Crippen LogP contribution in [0.15, 0.2) is 41.4 Å². The zero-order valence-corrected chi connectivity index (χ0v) is 23.0. The predicted molar refractivity (Wildman–Crippen MR) is 145 cm³/mol. The van der Waals surface area contributed by atoms with Crippen molar-refractivity contribution in [2.24, 2.45) is 5.41 Å². The highest BCUT2D eigenvalue weighted by Gasteiger charge is 2.37. The van der Waals surface area contributed by atoms with Crippen LogP contribution in [-0.2, 0) is 4.79 Å². The minimum atomic E-state index is -1.48. The lowest BCUT2D eigenvalue weighted by molar-refractivity contribution is -0.141. The van der Waals surface area contributed by atoms with Crippen molar-refractivity contribution >= 4 is 40.2 Å². The molecule has 210 valence electrons. The number of carbonyl (C=O) groups is 1. The monoisotopic (exact) mass is 582 g/mol. The lowest BCUT2D eigenvalue weighted by atomic mass is 9.71. The molecule has 0 radical (unpaired) electrons. The number of benzene rings is 2. The summed E-state index contributed by atoms with van der Waals surface area (Å²) in [5, 5.41) is 21.9. The number of hydrogen-bond acceptors (Lipinski definition) is 6.